The number of halogens is 1. The first kappa shape index (κ1) is 17.0. The number of aliphatic carboxylic acids is 1. The standard InChI is InChI=1S/C14H19ClO4S/c1-2-20(18,19)8-4-6-12(14(16)17)9-11-5-3-7-13(15)10-11/h3,5,7,10,12H,2,4,6,8-9H2,1H3,(H,16,17). The Morgan fingerprint density at radius 3 is 2.65 bits per heavy atom. The van der Waals surface area contributed by atoms with E-state index in [9.17, 15) is 18.3 Å². The fourth-order valence-corrected chi connectivity index (χ4v) is 3.06. The molecular formula is C14H19ClO4S. The number of carbonyl (C=O) groups is 1. The minimum absolute atomic E-state index is 0.0445. The van der Waals surface area contributed by atoms with Gasteiger partial charge in [0.15, 0.2) is 0 Å². The third-order valence-corrected chi connectivity index (χ3v) is 5.19. The van der Waals surface area contributed by atoms with Crippen molar-refractivity contribution in [2.45, 2.75) is 26.2 Å². The Balaban J connectivity index is 2.60. The van der Waals surface area contributed by atoms with E-state index in [-0.39, 0.29) is 11.5 Å². The van der Waals surface area contributed by atoms with Crippen LogP contribution in [0.25, 0.3) is 0 Å². The lowest BCUT2D eigenvalue weighted by Gasteiger charge is -2.12. The maximum absolute atomic E-state index is 11.4. The fourth-order valence-electron chi connectivity index (χ4n) is 1.96. The SMILES string of the molecule is CCS(=O)(=O)CCCC(Cc1cccc(Cl)c1)C(=O)O. The van der Waals surface area contributed by atoms with Crippen LogP contribution in [0.15, 0.2) is 24.3 Å². The van der Waals surface area contributed by atoms with Crippen LogP contribution in [-0.2, 0) is 21.1 Å². The molecule has 0 heterocycles. The molecule has 0 amide bonds. The van der Waals surface area contributed by atoms with E-state index in [1.807, 2.05) is 6.07 Å². The Morgan fingerprint density at radius 2 is 2.10 bits per heavy atom. The highest BCUT2D eigenvalue weighted by atomic mass is 35.5. The van der Waals surface area contributed by atoms with E-state index in [2.05, 4.69) is 0 Å². The average molecular weight is 319 g/mol. The third kappa shape index (κ3) is 5.92. The van der Waals surface area contributed by atoms with Crippen molar-refractivity contribution in [3.05, 3.63) is 34.9 Å². The molecule has 0 aromatic heterocycles. The Labute approximate surface area is 124 Å². The van der Waals surface area contributed by atoms with Crippen LogP contribution in [0.1, 0.15) is 25.3 Å². The number of sulfone groups is 1. The molecule has 1 aromatic carbocycles. The molecule has 0 saturated heterocycles. The Morgan fingerprint density at radius 1 is 1.40 bits per heavy atom. The van der Waals surface area contributed by atoms with Gasteiger partial charge in [0.2, 0.25) is 0 Å². The molecule has 0 aliphatic heterocycles. The van der Waals surface area contributed by atoms with E-state index in [1.165, 1.54) is 0 Å². The van der Waals surface area contributed by atoms with Crippen LogP contribution in [0.2, 0.25) is 5.02 Å². The molecule has 0 bridgehead atoms. The number of carboxylic acids is 1. The van der Waals surface area contributed by atoms with Crippen molar-refractivity contribution < 1.29 is 18.3 Å². The molecule has 0 spiro atoms. The van der Waals surface area contributed by atoms with Crippen LogP contribution >= 0.6 is 11.6 Å². The zero-order chi connectivity index (χ0) is 15.2. The molecule has 1 aromatic rings. The molecule has 4 nitrogen and oxygen atoms in total. The summed E-state index contributed by atoms with van der Waals surface area (Å²) in [6.07, 6.45) is 1.08. The van der Waals surface area contributed by atoms with Crippen LogP contribution < -0.4 is 0 Å². The van der Waals surface area contributed by atoms with Crippen molar-refractivity contribution in [2.75, 3.05) is 11.5 Å². The van der Waals surface area contributed by atoms with Gasteiger partial charge in [-0.25, -0.2) is 8.42 Å². The van der Waals surface area contributed by atoms with E-state index in [0.29, 0.717) is 24.3 Å². The van der Waals surface area contributed by atoms with E-state index in [1.54, 1.807) is 25.1 Å². The molecule has 1 N–H and O–H groups in total. The second-order valence-electron chi connectivity index (χ2n) is 4.75. The largest absolute Gasteiger partial charge is 0.481 e. The van der Waals surface area contributed by atoms with E-state index in [4.69, 9.17) is 11.6 Å². The molecule has 6 heteroatoms. The molecule has 0 aliphatic rings. The number of benzene rings is 1. The highest BCUT2D eigenvalue weighted by Gasteiger charge is 2.19. The van der Waals surface area contributed by atoms with Crippen molar-refractivity contribution >= 4 is 27.4 Å². The third-order valence-electron chi connectivity index (χ3n) is 3.17. The molecule has 0 fully saturated rings. The lowest BCUT2D eigenvalue weighted by molar-refractivity contribution is -0.141. The topological polar surface area (TPSA) is 71.4 Å². The van der Waals surface area contributed by atoms with Gasteiger partial charge in [-0.1, -0.05) is 30.7 Å². The summed E-state index contributed by atoms with van der Waals surface area (Å²) in [4.78, 5) is 11.2. The van der Waals surface area contributed by atoms with Gasteiger partial charge in [-0.3, -0.25) is 4.79 Å². The van der Waals surface area contributed by atoms with Gasteiger partial charge in [0.05, 0.1) is 11.7 Å². The number of rotatable bonds is 8. The minimum atomic E-state index is -3.03. The number of carboxylic acid groups (broad SMARTS) is 1. The van der Waals surface area contributed by atoms with Crippen LogP contribution in [0.4, 0.5) is 0 Å². The maximum atomic E-state index is 11.4. The summed E-state index contributed by atoms with van der Waals surface area (Å²) >= 11 is 5.86. The summed E-state index contributed by atoms with van der Waals surface area (Å²) in [5.74, 6) is -1.35. The molecule has 112 valence electrons. The van der Waals surface area contributed by atoms with Gasteiger partial charge in [-0.15, -0.1) is 0 Å². The van der Waals surface area contributed by atoms with Crippen molar-refractivity contribution in [2.24, 2.45) is 5.92 Å². The summed E-state index contributed by atoms with van der Waals surface area (Å²) < 4.78 is 22.8. The lowest BCUT2D eigenvalue weighted by atomic mass is 9.95. The molecule has 0 aliphatic carbocycles. The van der Waals surface area contributed by atoms with E-state index < -0.39 is 21.7 Å². The highest BCUT2D eigenvalue weighted by molar-refractivity contribution is 7.91. The summed E-state index contributed by atoms with van der Waals surface area (Å²) in [6.45, 7) is 1.59. The van der Waals surface area contributed by atoms with Crippen LogP contribution in [-0.4, -0.2) is 31.0 Å². The van der Waals surface area contributed by atoms with Gasteiger partial charge in [0.25, 0.3) is 0 Å². The number of hydrogen-bond acceptors (Lipinski definition) is 3. The van der Waals surface area contributed by atoms with Gasteiger partial charge in [0.1, 0.15) is 9.84 Å². The molecule has 0 radical (unpaired) electrons. The van der Waals surface area contributed by atoms with Crippen molar-refractivity contribution in [3.63, 3.8) is 0 Å². The molecule has 0 saturated carbocycles. The minimum Gasteiger partial charge on any atom is -0.481 e. The van der Waals surface area contributed by atoms with E-state index in [0.717, 1.165) is 5.56 Å². The quantitative estimate of drug-likeness (QED) is 0.800. The Hall–Kier alpha value is -1.07. The van der Waals surface area contributed by atoms with Crippen molar-refractivity contribution in [1.82, 2.24) is 0 Å². The molecule has 1 atom stereocenters. The fraction of sp³-hybridized carbons (Fsp3) is 0.500. The summed E-state index contributed by atoms with van der Waals surface area (Å²) in [5, 5.41) is 9.78. The summed E-state index contributed by atoms with van der Waals surface area (Å²) in [5.41, 5.74) is 0.850. The van der Waals surface area contributed by atoms with E-state index >= 15 is 0 Å². The smallest absolute Gasteiger partial charge is 0.306 e. The Kier molecular flexibility index (Phi) is 6.49. The second kappa shape index (κ2) is 7.64. The predicted molar refractivity (Wildman–Crippen MR) is 79.8 cm³/mol. The highest BCUT2D eigenvalue weighted by Crippen LogP contribution is 2.18. The normalized spacial score (nSPS) is 13.1. The van der Waals surface area contributed by atoms with Crippen LogP contribution in [0, 0.1) is 5.92 Å². The predicted octanol–water partition coefficient (Wildman–Crippen LogP) is 2.80. The van der Waals surface area contributed by atoms with Gasteiger partial charge < -0.3 is 5.11 Å². The number of hydrogen-bond donors (Lipinski definition) is 1. The van der Waals surface area contributed by atoms with Crippen molar-refractivity contribution in [1.29, 1.82) is 0 Å². The average Bonchev–Trinajstić information content (AvgIpc) is 2.37. The van der Waals surface area contributed by atoms with Gasteiger partial charge in [-0.05, 0) is 37.0 Å². The summed E-state index contributed by atoms with van der Waals surface area (Å²) in [7, 11) is -3.03. The van der Waals surface area contributed by atoms with Gasteiger partial charge >= 0.3 is 5.97 Å². The molecule has 1 rings (SSSR count). The van der Waals surface area contributed by atoms with Crippen molar-refractivity contribution in [3.8, 4) is 0 Å². The van der Waals surface area contributed by atoms with Crippen LogP contribution in [0.3, 0.4) is 0 Å². The molecule has 20 heavy (non-hydrogen) atoms. The first-order valence-corrected chi connectivity index (χ1v) is 8.71. The zero-order valence-corrected chi connectivity index (χ0v) is 13.0. The van der Waals surface area contributed by atoms with Gasteiger partial charge in [-0.2, -0.15) is 0 Å². The Bertz CT molecular complexity index is 554. The zero-order valence-electron chi connectivity index (χ0n) is 11.4. The molecular weight excluding hydrogens is 300 g/mol. The summed E-state index contributed by atoms with van der Waals surface area (Å²) in [6, 6.07) is 7.07. The lowest BCUT2D eigenvalue weighted by Crippen LogP contribution is -2.18. The van der Waals surface area contributed by atoms with Crippen LogP contribution in [0.5, 0.6) is 0 Å². The first-order chi connectivity index (χ1) is 9.34. The monoisotopic (exact) mass is 318 g/mol. The first-order valence-electron chi connectivity index (χ1n) is 6.51. The maximum Gasteiger partial charge on any atom is 0.306 e. The van der Waals surface area contributed by atoms with Gasteiger partial charge in [0, 0.05) is 10.8 Å². The second-order valence-corrected chi connectivity index (χ2v) is 7.66. The molecule has 1 unspecified atom stereocenters.